The molecule has 1 aromatic rings. The quantitative estimate of drug-likeness (QED) is 0.521. The summed E-state index contributed by atoms with van der Waals surface area (Å²) in [5.74, 6) is 2.75. The highest BCUT2D eigenvalue weighted by Gasteiger charge is 2.02. The average Bonchev–Trinajstić information content (AvgIpc) is 2.20. The molecule has 2 nitrogen and oxygen atoms in total. The summed E-state index contributed by atoms with van der Waals surface area (Å²) in [5, 5.41) is 0. The van der Waals surface area contributed by atoms with Gasteiger partial charge in [0, 0.05) is 31.7 Å². The molecule has 0 aliphatic heterocycles. The Morgan fingerprint density at radius 1 is 1.57 bits per heavy atom. The Kier molecular flexibility index (Phi) is 4.43. The van der Waals surface area contributed by atoms with Crippen LogP contribution in [0.3, 0.4) is 0 Å². The van der Waals surface area contributed by atoms with Crippen LogP contribution in [0.25, 0.3) is 0 Å². The summed E-state index contributed by atoms with van der Waals surface area (Å²) < 4.78 is 0. The molecule has 0 unspecified atom stereocenters. The molecule has 0 spiro atoms. The van der Waals surface area contributed by atoms with Crippen molar-refractivity contribution < 1.29 is 4.79 Å². The summed E-state index contributed by atoms with van der Waals surface area (Å²) in [4.78, 5) is 15.3. The predicted octanol–water partition coefficient (Wildman–Crippen LogP) is 2.00. The highest BCUT2D eigenvalue weighted by atomic mass is 16.1. The van der Waals surface area contributed by atoms with Crippen LogP contribution in [0.2, 0.25) is 0 Å². The number of rotatable bonds is 5. The minimum Gasteiger partial charge on any atom is -0.299 e. The number of unbranched alkanes of at least 4 members (excludes halogenated alkanes) is 1. The lowest BCUT2D eigenvalue weighted by molar-refractivity contribution is -0.118. The number of pyridine rings is 1. The number of carbonyl (C=O) groups excluding carboxylic acids is 1. The zero-order valence-corrected chi connectivity index (χ0v) is 8.07. The molecule has 0 aliphatic rings. The fourth-order valence-electron chi connectivity index (χ4n) is 1.21. The van der Waals surface area contributed by atoms with Crippen LogP contribution in [0.15, 0.2) is 24.5 Å². The molecule has 0 N–H and O–H groups in total. The summed E-state index contributed by atoms with van der Waals surface area (Å²) in [6, 6.07) is 3.75. The maximum Gasteiger partial charge on any atom is 0.137 e. The molecule has 0 atom stereocenters. The summed E-state index contributed by atoms with van der Waals surface area (Å²) in [6.07, 6.45) is 11.0. The minimum atomic E-state index is 0.230. The molecule has 0 amide bonds. The van der Waals surface area contributed by atoms with Gasteiger partial charge in [0.2, 0.25) is 0 Å². The van der Waals surface area contributed by atoms with E-state index in [2.05, 4.69) is 10.9 Å². The van der Waals surface area contributed by atoms with E-state index in [1.165, 1.54) is 0 Å². The summed E-state index contributed by atoms with van der Waals surface area (Å²) >= 11 is 0. The van der Waals surface area contributed by atoms with Crippen molar-refractivity contribution >= 4 is 5.78 Å². The number of nitrogens with zero attached hydrogens (tertiary/aromatic N) is 1. The Morgan fingerprint density at radius 3 is 3.07 bits per heavy atom. The Balaban J connectivity index is 2.32. The van der Waals surface area contributed by atoms with Crippen LogP contribution in [-0.2, 0) is 11.2 Å². The van der Waals surface area contributed by atoms with E-state index in [-0.39, 0.29) is 5.78 Å². The molecular formula is C12H13NO. The van der Waals surface area contributed by atoms with Gasteiger partial charge in [-0.1, -0.05) is 6.07 Å². The lowest BCUT2D eigenvalue weighted by Crippen LogP contribution is -2.02. The highest BCUT2D eigenvalue weighted by molar-refractivity contribution is 5.80. The standard InChI is InChI=1S/C12H13NO/c1-2-3-4-7-12(14)9-11-6-5-8-13-10-11/h1,5-6,8,10H,3-4,7,9H2. The van der Waals surface area contributed by atoms with Crippen molar-refractivity contribution in [1.29, 1.82) is 0 Å². The smallest absolute Gasteiger partial charge is 0.137 e. The summed E-state index contributed by atoms with van der Waals surface area (Å²) in [6.45, 7) is 0. The van der Waals surface area contributed by atoms with Crippen molar-refractivity contribution in [1.82, 2.24) is 4.98 Å². The molecule has 0 saturated carbocycles. The van der Waals surface area contributed by atoms with E-state index in [0.29, 0.717) is 19.3 Å². The van der Waals surface area contributed by atoms with Crippen LogP contribution < -0.4 is 0 Å². The fourth-order valence-corrected chi connectivity index (χ4v) is 1.21. The molecule has 0 saturated heterocycles. The molecule has 0 fully saturated rings. The molecule has 0 aliphatic carbocycles. The van der Waals surface area contributed by atoms with Crippen LogP contribution in [0.5, 0.6) is 0 Å². The average molecular weight is 187 g/mol. The molecule has 2 heteroatoms. The van der Waals surface area contributed by atoms with E-state index in [9.17, 15) is 4.79 Å². The monoisotopic (exact) mass is 187 g/mol. The van der Waals surface area contributed by atoms with Gasteiger partial charge >= 0.3 is 0 Å². The van der Waals surface area contributed by atoms with Crippen LogP contribution in [0.1, 0.15) is 24.8 Å². The number of Topliss-reactive ketones (excluding diaryl/α,β-unsaturated/α-hetero) is 1. The van der Waals surface area contributed by atoms with E-state index < -0.39 is 0 Å². The number of carbonyl (C=O) groups is 1. The van der Waals surface area contributed by atoms with Crippen molar-refractivity contribution in [3.63, 3.8) is 0 Å². The second kappa shape index (κ2) is 5.93. The van der Waals surface area contributed by atoms with Crippen LogP contribution >= 0.6 is 0 Å². The van der Waals surface area contributed by atoms with Gasteiger partial charge in [-0.3, -0.25) is 9.78 Å². The second-order valence-corrected chi connectivity index (χ2v) is 3.13. The van der Waals surface area contributed by atoms with Gasteiger partial charge in [0.25, 0.3) is 0 Å². The Hall–Kier alpha value is -1.62. The summed E-state index contributed by atoms with van der Waals surface area (Å²) in [5.41, 5.74) is 0.971. The number of ketones is 1. The lowest BCUT2D eigenvalue weighted by atomic mass is 10.1. The van der Waals surface area contributed by atoms with E-state index >= 15 is 0 Å². The van der Waals surface area contributed by atoms with Gasteiger partial charge in [-0.25, -0.2) is 0 Å². The number of terminal acetylenes is 1. The van der Waals surface area contributed by atoms with Crippen molar-refractivity contribution in [2.24, 2.45) is 0 Å². The van der Waals surface area contributed by atoms with Crippen molar-refractivity contribution in [2.45, 2.75) is 25.7 Å². The number of hydrogen-bond donors (Lipinski definition) is 0. The third-order valence-corrected chi connectivity index (χ3v) is 1.90. The first kappa shape index (κ1) is 10.5. The van der Waals surface area contributed by atoms with Gasteiger partial charge in [0.15, 0.2) is 0 Å². The Labute approximate surface area is 84.4 Å². The van der Waals surface area contributed by atoms with Crippen molar-refractivity contribution in [2.75, 3.05) is 0 Å². The molecule has 14 heavy (non-hydrogen) atoms. The second-order valence-electron chi connectivity index (χ2n) is 3.13. The van der Waals surface area contributed by atoms with Crippen LogP contribution in [0, 0.1) is 12.3 Å². The maximum atomic E-state index is 11.4. The molecule has 0 radical (unpaired) electrons. The van der Waals surface area contributed by atoms with E-state index in [4.69, 9.17) is 6.42 Å². The largest absolute Gasteiger partial charge is 0.299 e. The maximum absolute atomic E-state index is 11.4. The van der Waals surface area contributed by atoms with Crippen molar-refractivity contribution in [3.8, 4) is 12.3 Å². The lowest BCUT2D eigenvalue weighted by Gasteiger charge is -1.98. The normalized spacial score (nSPS) is 9.36. The Bertz CT molecular complexity index is 324. The minimum absolute atomic E-state index is 0.230. The van der Waals surface area contributed by atoms with Gasteiger partial charge in [0.05, 0.1) is 0 Å². The van der Waals surface area contributed by atoms with Crippen molar-refractivity contribution in [3.05, 3.63) is 30.1 Å². The van der Waals surface area contributed by atoms with Gasteiger partial charge in [-0.15, -0.1) is 12.3 Å². The van der Waals surface area contributed by atoms with Crippen LogP contribution in [0.4, 0.5) is 0 Å². The van der Waals surface area contributed by atoms with Gasteiger partial charge in [0.1, 0.15) is 5.78 Å². The third-order valence-electron chi connectivity index (χ3n) is 1.90. The van der Waals surface area contributed by atoms with E-state index in [1.807, 2.05) is 12.1 Å². The first-order valence-electron chi connectivity index (χ1n) is 4.67. The zero-order valence-electron chi connectivity index (χ0n) is 8.07. The molecule has 1 heterocycles. The van der Waals surface area contributed by atoms with Gasteiger partial charge in [-0.05, 0) is 18.1 Å². The molecule has 72 valence electrons. The van der Waals surface area contributed by atoms with E-state index in [0.717, 1.165) is 12.0 Å². The number of aromatic nitrogens is 1. The van der Waals surface area contributed by atoms with Gasteiger partial charge < -0.3 is 0 Å². The predicted molar refractivity (Wildman–Crippen MR) is 55.6 cm³/mol. The van der Waals surface area contributed by atoms with E-state index in [1.54, 1.807) is 12.4 Å². The molecule has 0 aromatic carbocycles. The first-order chi connectivity index (χ1) is 6.83. The SMILES string of the molecule is C#CCCCC(=O)Cc1cccnc1. The first-order valence-corrected chi connectivity index (χ1v) is 4.67. The third kappa shape index (κ3) is 3.86. The number of hydrogen-bond acceptors (Lipinski definition) is 2. The topological polar surface area (TPSA) is 30.0 Å². The molecule has 0 bridgehead atoms. The van der Waals surface area contributed by atoms with Gasteiger partial charge in [-0.2, -0.15) is 0 Å². The molecular weight excluding hydrogens is 174 g/mol. The molecule has 1 rings (SSSR count). The fraction of sp³-hybridized carbons (Fsp3) is 0.333. The zero-order chi connectivity index (χ0) is 10.2. The molecule has 1 aromatic heterocycles. The summed E-state index contributed by atoms with van der Waals surface area (Å²) in [7, 11) is 0. The Morgan fingerprint density at radius 2 is 2.43 bits per heavy atom. The van der Waals surface area contributed by atoms with Crippen LogP contribution in [-0.4, -0.2) is 10.8 Å². The highest BCUT2D eigenvalue weighted by Crippen LogP contribution is 2.02.